The molecule has 2 N–H and O–H groups in total. The summed E-state index contributed by atoms with van der Waals surface area (Å²) in [5.41, 5.74) is 0.891. The molecule has 1 aromatic heterocycles. The molecule has 0 spiro atoms. The van der Waals surface area contributed by atoms with Gasteiger partial charge in [-0.05, 0) is 44.4 Å². The number of aliphatic hydroxyl groups is 1. The smallest absolute Gasteiger partial charge is 0.313 e. The quantitative estimate of drug-likeness (QED) is 0.849. The van der Waals surface area contributed by atoms with Crippen LogP contribution >= 0.6 is 0 Å². The first-order valence-electron chi connectivity index (χ1n) is 8.62. The molecule has 0 amide bonds. The summed E-state index contributed by atoms with van der Waals surface area (Å²) in [6, 6.07) is 5.88. The van der Waals surface area contributed by atoms with Crippen LogP contribution in [0.25, 0.3) is 0 Å². The first-order valence-corrected chi connectivity index (χ1v) is 8.62. The second kappa shape index (κ2) is 7.17. The fourth-order valence-electron chi connectivity index (χ4n) is 3.72. The lowest BCUT2D eigenvalue weighted by atomic mass is 9.72. The fourth-order valence-corrected chi connectivity index (χ4v) is 3.72. The Morgan fingerprint density at radius 1 is 1.46 bits per heavy atom. The van der Waals surface area contributed by atoms with Gasteiger partial charge in [-0.1, -0.05) is 17.3 Å². The Morgan fingerprint density at radius 3 is 2.85 bits per heavy atom. The average Bonchev–Trinajstić information content (AvgIpc) is 2.89. The van der Waals surface area contributed by atoms with Crippen molar-refractivity contribution in [2.45, 2.75) is 39.3 Å². The highest BCUT2D eigenvalue weighted by atomic mass is 19.1. The zero-order valence-electron chi connectivity index (χ0n) is 14.9. The van der Waals surface area contributed by atoms with Crippen molar-refractivity contribution in [1.82, 2.24) is 10.1 Å². The maximum atomic E-state index is 13.5. The highest BCUT2D eigenvalue weighted by molar-refractivity contribution is 5.76. The van der Waals surface area contributed by atoms with Gasteiger partial charge < -0.3 is 14.7 Å². The number of hydrogen-bond donors (Lipinski definition) is 2. The number of carbonyl (C=O) groups is 1. The molecule has 0 bridgehead atoms. The number of aliphatic hydroxyl groups excluding tert-OH is 1. The van der Waals surface area contributed by atoms with Gasteiger partial charge in [-0.2, -0.15) is 0 Å². The monoisotopic (exact) mass is 362 g/mol. The van der Waals surface area contributed by atoms with Gasteiger partial charge in [0.1, 0.15) is 17.0 Å². The highest BCUT2D eigenvalue weighted by Crippen LogP contribution is 2.36. The molecule has 0 radical (unpaired) electrons. The van der Waals surface area contributed by atoms with Crippen LogP contribution in [-0.2, 0) is 17.8 Å². The molecule has 2 atom stereocenters. The summed E-state index contributed by atoms with van der Waals surface area (Å²) in [5, 5.41) is 24.4. The predicted octanol–water partition coefficient (Wildman–Crippen LogP) is 2.31. The zero-order valence-corrected chi connectivity index (χ0v) is 14.9. The van der Waals surface area contributed by atoms with Gasteiger partial charge >= 0.3 is 5.97 Å². The number of carboxylic acid groups (broad SMARTS) is 1. The van der Waals surface area contributed by atoms with Crippen molar-refractivity contribution in [1.29, 1.82) is 0 Å². The molecule has 0 aliphatic carbocycles. The predicted molar refractivity (Wildman–Crippen MR) is 92.1 cm³/mol. The molecular formula is C19H23FN2O4. The van der Waals surface area contributed by atoms with Gasteiger partial charge in [0, 0.05) is 25.2 Å². The van der Waals surface area contributed by atoms with Gasteiger partial charge in [-0.15, -0.1) is 0 Å². The van der Waals surface area contributed by atoms with E-state index < -0.39 is 23.3 Å². The van der Waals surface area contributed by atoms with E-state index in [0.717, 1.165) is 11.3 Å². The van der Waals surface area contributed by atoms with E-state index in [1.807, 2.05) is 18.7 Å². The Morgan fingerprint density at radius 2 is 2.23 bits per heavy atom. The molecule has 3 rings (SSSR count). The van der Waals surface area contributed by atoms with E-state index in [1.54, 1.807) is 12.1 Å². The molecule has 7 heteroatoms. The lowest BCUT2D eigenvalue weighted by molar-refractivity contribution is -0.163. The van der Waals surface area contributed by atoms with Crippen molar-refractivity contribution in [3.05, 3.63) is 52.7 Å². The minimum Gasteiger partial charge on any atom is -0.481 e. The third-order valence-electron chi connectivity index (χ3n) is 5.26. The van der Waals surface area contributed by atoms with Crippen LogP contribution in [-0.4, -0.2) is 45.4 Å². The molecule has 1 aliphatic rings. The van der Waals surface area contributed by atoms with Gasteiger partial charge in [0.05, 0.1) is 11.8 Å². The minimum absolute atomic E-state index is 0.0688. The average molecular weight is 362 g/mol. The maximum Gasteiger partial charge on any atom is 0.313 e. The number of likely N-dealkylation sites (tertiary alicyclic amines) is 1. The maximum absolute atomic E-state index is 13.5. The minimum atomic E-state index is -1.38. The molecule has 1 saturated heterocycles. The van der Waals surface area contributed by atoms with E-state index in [0.29, 0.717) is 30.8 Å². The normalized spacial score (nSPS) is 23.9. The van der Waals surface area contributed by atoms with Gasteiger partial charge in [0.15, 0.2) is 0 Å². The molecule has 26 heavy (non-hydrogen) atoms. The second-order valence-corrected chi connectivity index (χ2v) is 7.09. The van der Waals surface area contributed by atoms with Gasteiger partial charge in [-0.25, -0.2) is 4.39 Å². The van der Waals surface area contributed by atoms with Crippen molar-refractivity contribution in [3.8, 4) is 0 Å². The van der Waals surface area contributed by atoms with Crippen LogP contribution in [0.3, 0.4) is 0 Å². The number of aromatic nitrogens is 1. The van der Waals surface area contributed by atoms with Gasteiger partial charge in [0.2, 0.25) is 0 Å². The Labute approximate surface area is 151 Å². The lowest BCUT2D eigenvalue weighted by Crippen LogP contribution is -2.56. The van der Waals surface area contributed by atoms with E-state index in [-0.39, 0.29) is 13.0 Å². The summed E-state index contributed by atoms with van der Waals surface area (Å²) >= 11 is 0. The van der Waals surface area contributed by atoms with E-state index in [4.69, 9.17) is 4.52 Å². The second-order valence-electron chi connectivity index (χ2n) is 7.09. The van der Waals surface area contributed by atoms with Crippen molar-refractivity contribution in [3.63, 3.8) is 0 Å². The topological polar surface area (TPSA) is 86.8 Å². The molecule has 2 aromatic rings. The molecule has 1 fully saturated rings. The number of halogens is 1. The van der Waals surface area contributed by atoms with Crippen LogP contribution in [0.5, 0.6) is 0 Å². The summed E-state index contributed by atoms with van der Waals surface area (Å²) in [7, 11) is 0. The van der Waals surface area contributed by atoms with Crippen molar-refractivity contribution in [2.24, 2.45) is 5.41 Å². The van der Waals surface area contributed by atoms with Crippen LogP contribution in [0.4, 0.5) is 4.39 Å². The molecule has 140 valence electrons. The number of hydrogen-bond acceptors (Lipinski definition) is 5. The van der Waals surface area contributed by atoms with E-state index in [2.05, 4.69) is 5.16 Å². The number of carboxylic acids is 1. The standard InChI is InChI=1S/C19H23FN2O4/c1-12-16(13(2)26-21-12)10-22-7-6-17(23)19(11-22,18(24)25)9-14-4-3-5-15(20)8-14/h3-5,8,17,23H,6-7,9-11H2,1-2H3,(H,24,25)/t17-,19+/m0/s1. The van der Waals surface area contributed by atoms with Crippen LogP contribution in [0.15, 0.2) is 28.8 Å². The third kappa shape index (κ3) is 3.50. The Kier molecular flexibility index (Phi) is 5.11. The van der Waals surface area contributed by atoms with Crippen LogP contribution in [0.2, 0.25) is 0 Å². The number of nitrogens with zero attached hydrogens (tertiary/aromatic N) is 2. The largest absolute Gasteiger partial charge is 0.481 e. The van der Waals surface area contributed by atoms with Crippen molar-refractivity contribution in [2.75, 3.05) is 13.1 Å². The summed E-state index contributed by atoms with van der Waals surface area (Å²) in [6.07, 6.45) is -0.589. The van der Waals surface area contributed by atoms with Gasteiger partial charge in [0.25, 0.3) is 0 Å². The number of aryl methyl sites for hydroxylation is 2. The van der Waals surface area contributed by atoms with Crippen LogP contribution in [0.1, 0.15) is 29.0 Å². The van der Waals surface area contributed by atoms with Crippen molar-refractivity contribution >= 4 is 5.97 Å². The summed E-state index contributed by atoms with van der Waals surface area (Å²) in [4.78, 5) is 14.1. The summed E-state index contributed by atoms with van der Waals surface area (Å²) in [5.74, 6) is -0.779. The lowest BCUT2D eigenvalue weighted by Gasteiger charge is -2.43. The van der Waals surface area contributed by atoms with Crippen LogP contribution in [0, 0.1) is 25.1 Å². The first-order chi connectivity index (χ1) is 12.3. The highest BCUT2D eigenvalue weighted by Gasteiger charge is 2.49. The SMILES string of the molecule is Cc1noc(C)c1CN1CC[C@H](O)[C@](Cc2cccc(F)c2)(C(=O)O)C1. The zero-order chi connectivity index (χ0) is 18.9. The molecule has 0 saturated carbocycles. The van der Waals surface area contributed by atoms with Crippen LogP contribution < -0.4 is 0 Å². The molecule has 1 aromatic carbocycles. The molecule has 0 unspecified atom stereocenters. The fraction of sp³-hybridized carbons (Fsp3) is 0.474. The molecule has 6 nitrogen and oxygen atoms in total. The Hall–Kier alpha value is -2.25. The summed E-state index contributed by atoms with van der Waals surface area (Å²) in [6.45, 7) is 4.92. The Bertz CT molecular complexity index is 787. The summed E-state index contributed by atoms with van der Waals surface area (Å²) < 4.78 is 18.7. The van der Waals surface area contributed by atoms with E-state index >= 15 is 0 Å². The van der Waals surface area contributed by atoms with E-state index in [9.17, 15) is 19.4 Å². The number of benzene rings is 1. The number of rotatable bonds is 5. The molecule has 2 heterocycles. The van der Waals surface area contributed by atoms with E-state index in [1.165, 1.54) is 12.1 Å². The molecule has 1 aliphatic heterocycles. The third-order valence-corrected chi connectivity index (χ3v) is 5.26. The Balaban J connectivity index is 1.86. The molecular weight excluding hydrogens is 339 g/mol. The first kappa shape index (κ1) is 18.5. The van der Waals surface area contributed by atoms with Crippen molar-refractivity contribution < 1.29 is 23.9 Å². The number of aliphatic carboxylic acids is 1. The van der Waals surface area contributed by atoms with Gasteiger partial charge in [-0.3, -0.25) is 9.69 Å². The number of piperidine rings is 1.